The van der Waals surface area contributed by atoms with Crippen LogP contribution in [0.4, 0.5) is 5.69 Å². The predicted octanol–water partition coefficient (Wildman–Crippen LogP) is 1.79. The molecule has 1 heterocycles. The second-order valence-corrected chi connectivity index (χ2v) is 3.23. The van der Waals surface area contributed by atoms with Gasteiger partial charge in [0.2, 0.25) is 11.9 Å². The minimum atomic E-state index is 0.914. The molecule has 0 aliphatic rings. The maximum atomic E-state index is 4.32. The van der Waals surface area contributed by atoms with Crippen LogP contribution in [0.2, 0.25) is 0 Å². The molecule has 0 spiro atoms. The van der Waals surface area contributed by atoms with Gasteiger partial charge in [0.05, 0.1) is 5.69 Å². The molecule has 0 atom stereocenters. The number of para-hydroxylation sites is 1. The summed E-state index contributed by atoms with van der Waals surface area (Å²) in [6, 6.07) is 12.1. The molecule has 0 saturated carbocycles. The molecule has 3 nitrogen and oxygen atoms in total. The van der Waals surface area contributed by atoms with Crippen molar-refractivity contribution in [3.05, 3.63) is 48.8 Å². The minimum absolute atomic E-state index is 0.914. The van der Waals surface area contributed by atoms with Crippen molar-refractivity contribution in [1.29, 1.82) is 0 Å². The lowest BCUT2D eigenvalue weighted by molar-refractivity contribution is -0.659. The van der Waals surface area contributed by atoms with Crippen molar-refractivity contribution < 1.29 is 4.68 Å². The van der Waals surface area contributed by atoms with Crippen LogP contribution in [0.1, 0.15) is 6.92 Å². The normalized spacial score (nSPS) is 9.93. The van der Waals surface area contributed by atoms with Crippen LogP contribution in [-0.2, 0) is 0 Å². The summed E-state index contributed by atoms with van der Waals surface area (Å²) in [4.78, 5) is 0. The van der Waals surface area contributed by atoms with E-state index in [9.17, 15) is 0 Å². The Morgan fingerprint density at radius 1 is 1.20 bits per heavy atom. The highest BCUT2D eigenvalue weighted by atomic mass is 15.3. The molecule has 1 N–H and O–H groups in total. The van der Waals surface area contributed by atoms with E-state index in [4.69, 9.17) is 0 Å². The van der Waals surface area contributed by atoms with Gasteiger partial charge >= 0.3 is 0 Å². The maximum absolute atomic E-state index is 4.32. The minimum Gasteiger partial charge on any atom is -0.384 e. The summed E-state index contributed by atoms with van der Waals surface area (Å²) in [6.45, 7) is 2.98. The van der Waals surface area contributed by atoms with E-state index >= 15 is 0 Å². The van der Waals surface area contributed by atoms with Crippen molar-refractivity contribution in [2.24, 2.45) is 0 Å². The first kappa shape index (κ1) is 9.65. The van der Waals surface area contributed by atoms with E-state index in [0.717, 1.165) is 17.9 Å². The van der Waals surface area contributed by atoms with Gasteiger partial charge in [0.25, 0.3) is 0 Å². The van der Waals surface area contributed by atoms with Crippen LogP contribution in [0, 0.1) is 0 Å². The molecule has 0 amide bonds. The first-order chi connectivity index (χ1) is 7.40. The van der Waals surface area contributed by atoms with Crippen LogP contribution < -0.4 is 10.00 Å². The number of aromatic nitrogens is 2. The van der Waals surface area contributed by atoms with E-state index in [-0.39, 0.29) is 0 Å². The van der Waals surface area contributed by atoms with E-state index in [1.165, 1.54) is 0 Å². The molecule has 0 fully saturated rings. The molecule has 3 heteroatoms. The molecule has 76 valence electrons. The monoisotopic (exact) mass is 200 g/mol. The average Bonchev–Trinajstić information content (AvgIpc) is 2.32. The van der Waals surface area contributed by atoms with Crippen LogP contribution in [0.3, 0.4) is 0 Å². The smallest absolute Gasteiger partial charge is 0.238 e. The molecular formula is C12H14N3+. The first-order valence-corrected chi connectivity index (χ1v) is 5.07. The Bertz CT molecular complexity index is 409. The number of rotatable bonds is 3. The van der Waals surface area contributed by atoms with Gasteiger partial charge < -0.3 is 5.32 Å². The third-order valence-corrected chi connectivity index (χ3v) is 2.12. The summed E-state index contributed by atoms with van der Waals surface area (Å²) in [5.41, 5.74) is 2.12. The zero-order valence-corrected chi connectivity index (χ0v) is 8.72. The molecule has 0 bridgehead atoms. The summed E-state index contributed by atoms with van der Waals surface area (Å²) in [7, 11) is 0. The maximum Gasteiger partial charge on any atom is 0.238 e. The van der Waals surface area contributed by atoms with E-state index < -0.39 is 0 Å². The fraction of sp³-hybridized carbons (Fsp3) is 0.167. The van der Waals surface area contributed by atoms with E-state index in [1.807, 2.05) is 53.5 Å². The molecule has 0 aliphatic heterocycles. The van der Waals surface area contributed by atoms with Gasteiger partial charge in [-0.2, -0.15) is 0 Å². The molecule has 1 aromatic heterocycles. The Morgan fingerprint density at radius 2 is 2.00 bits per heavy atom. The second kappa shape index (κ2) is 4.55. The molecule has 0 radical (unpaired) electrons. The van der Waals surface area contributed by atoms with Gasteiger partial charge in [0.15, 0.2) is 0 Å². The fourth-order valence-corrected chi connectivity index (χ4v) is 1.40. The van der Waals surface area contributed by atoms with E-state index in [0.29, 0.717) is 0 Å². The average molecular weight is 200 g/mol. The summed E-state index contributed by atoms with van der Waals surface area (Å²) in [6.07, 6.45) is 3.78. The SMILES string of the molecule is CCNc1cc[n+](-c2ccccc2)nc1. The highest BCUT2D eigenvalue weighted by Gasteiger charge is 2.05. The van der Waals surface area contributed by atoms with Gasteiger partial charge in [-0.05, 0) is 12.0 Å². The van der Waals surface area contributed by atoms with Crippen LogP contribution in [0.25, 0.3) is 5.69 Å². The van der Waals surface area contributed by atoms with Gasteiger partial charge in [-0.3, -0.25) is 0 Å². The van der Waals surface area contributed by atoms with E-state index in [2.05, 4.69) is 17.3 Å². The molecule has 0 unspecified atom stereocenters. The molecule has 1 aromatic carbocycles. The fourth-order valence-electron chi connectivity index (χ4n) is 1.40. The number of nitrogens with zero attached hydrogens (tertiary/aromatic N) is 2. The van der Waals surface area contributed by atoms with Gasteiger partial charge in [-0.25, -0.2) is 0 Å². The van der Waals surface area contributed by atoms with Crippen LogP contribution in [0.15, 0.2) is 48.8 Å². The summed E-state index contributed by atoms with van der Waals surface area (Å²) in [5, 5.41) is 7.53. The third kappa shape index (κ3) is 2.31. The van der Waals surface area contributed by atoms with Crippen molar-refractivity contribution in [3.63, 3.8) is 0 Å². The molecular weight excluding hydrogens is 186 g/mol. The lowest BCUT2D eigenvalue weighted by Crippen LogP contribution is -2.34. The van der Waals surface area contributed by atoms with Crippen molar-refractivity contribution in [2.75, 3.05) is 11.9 Å². The Hall–Kier alpha value is -1.90. The second-order valence-electron chi connectivity index (χ2n) is 3.23. The Morgan fingerprint density at radius 3 is 2.60 bits per heavy atom. The molecule has 0 aliphatic carbocycles. The zero-order valence-electron chi connectivity index (χ0n) is 8.72. The quantitative estimate of drug-likeness (QED) is 0.765. The largest absolute Gasteiger partial charge is 0.384 e. The van der Waals surface area contributed by atoms with Crippen molar-refractivity contribution >= 4 is 5.69 Å². The topological polar surface area (TPSA) is 28.8 Å². The summed E-state index contributed by atoms with van der Waals surface area (Å²) >= 11 is 0. The summed E-state index contributed by atoms with van der Waals surface area (Å²) in [5.74, 6) is 0. The number of nitrogens with one attached hydrogen (secondary N) is 1. The number of hydrogen-bond donors (Lipinski definition) is 1. The number of anilines is 1. The van der Waals surface area contributed by atoms with Crippen molar-refractivity contribution in [2.45, 2.75) is 6.92 Å². The predicted molar refractivity (Wildman–Crippen MR) is 59.9 cm³/mol. The Kier molecular flexibility index (Phi) is 2.93. The highest BCUT2D eigenvalue weighted by Crippen LogP contribution is 2.01. The lowest BCUT2D eigenvalue weighted by Gasteiger charge is -1.99. The third-order valence-electron chi connectivity index (χ3n) is 2.12. The molecule has 2 rings (SSSR count). The highest BCUT2D eigenvalue weighted by molar-refractivity contribution is 5.37. The molecule has 15 heavy (non-hydrogen) atoms. The van der Waals surface area contributed by atoms with Crippen LogP contribution in [-0.4, -0.2) is 11.6 Å². The van der Waals surface area contributed by atoms with Gasteiger partial charge in [-0.1, -0.05) is 22.9 Å². The number of benzene rings is 1. The molecule has 0 saturated heterocycles. The first-order valence-electron chi connectivity index (χ1n) is 5.07. The standard InChI is InChI=1S/C12H13N3/c1-2-13-11-8-9-15(14-10-11)12-6-4-3-5-7-12/h3-10H,2H2,1H3/p+1. The van der Waals surface area contributed by atoms with Crippen molar-refractivity contribution in [1.82, 2.24) is 5.10 Å². The van der Waals surface area contributed by atoms with Crippen LogP contribution >= 0.6 is 0 Å². The molecule has 2 aromatic rings. The lowest BCUT2D eigenvalue weighted by atomic mass is 10.3. The van der Waals surface area contributed by atoms with Crippen molar-refractivity contribution in [3.8, 4) is 5.69 Å². The van der Waals surface area contributed by atoms with Crippen LogP contribution in [0.5, 0.6) is 0 Å². The Labute approximate surface area is 89.4 Å². The summed E-state index contributed by atoms with van der Waals surface area (Å²) < 4.78 is 1.85. The zero-order chi connectivity index (χ0) is 10.5. The van der Waals surface area contributed by atoms with Gasteiger partial charge in [0.1, 0.15) is 6.20 Å². The Balaban J connectivity index is 2.24. The van der Waals surface area contributed by atoms with Gasteiger partial charge in [0, 0.05) is 24.7 Å². The van der Waals surface area contributed by atoms with Gasteiger partial charge in [-0.15, -0.1) is 0 Å². The van der Waals surface area contributed by atoms with E-state index in [1.54, 1.807) is 0 Å². The number of hydrogen-bond acceptors (Lipinski definition) is 2.